The molecule has 3 rings (SSSR count). The van der Waals surface area contributed by atoms with Crippen molar-refractivity contribution >= 4 is 17.1 Å². The van der Waals surface area contributed by atoms with E-state index in [0.717, 1.165) is 43.2 Å². The van der Waals surface area contributed by atoms with Crippen LogP contribution in [0.2, 0.25) is 0 Å². The second kappa shape index (κ2) is 7.41. The highest BCUT2D eigenvalue weighted by molar-refractivity contribution is 5.76. The summed E-state index contributed by atoms with van der Waals surface area (Å²) in [6.07, 6.45) is 0. The van der Waals surface area contributed by atoms with Gasteiger partial charge in [0.15, 0.2) is 0 Å². The molecule has 0 radical (unpaired) electrons. The smallest absolute Gasteiger partial charge is 0.315 e. The first-order valence-electron chi connectivity index (χ1n) is 8.77. The fourth-order valence-electron chi connectivity index (χ4n) is 3.07. The molecular formula is C18H27N5O2. The topological polar surface area (TPSA) is 82.3 Å². The molecule has 25 heavy (non-hydrogen) atoms. The summed E-state index contributed by atoms with van der Waals surface area (Å²) >= 11 is 0. The van der Waals surface area contributed by atoms with Gasteiger partial charge >= 0.3 is 6.03 Å². The minimum absolute atomic E-state index is 0.107. The van der Waals surface area contributed by atoms with Crippen LogP contribution in [-0.4, -0.2) is 59.3 Å². The van der Waals surface area contributed by atoms with Crippen molar-refractivity contribution in [3.8, 4) is 0 Å². The molecule has 0 spiro atoms. The summed E-state index contributed by atoms with van der Waals surface area (Å²) in [5.41, 5.74) is 1.77. The Morgan fingerprint density at radius 1 is 1.36 bits per heavy atom. The molecule has 1 aliphatic heterocycles. The number of hydrogen-bond acceptors (Lipinski definition) is 4. The number of para-hydroxylation sites is 2. The lowest BCUT2D eigenvalue weighted by Crippen LogP contribution is -2.56. The number of carbonyl (C=O) groups excluding carboxylic acids is 1. The first-order chi connectivity index (χ1) is 12.0. The van der Waals surface area contributed by atoms with E-state index in [1.807, 2.05) is 31.2 Å². The molecule has 2 heterocycles. The van der Waals surface area contributed by atoms with E-state index < -0.39 is 0 Å². The monoisotopic (exact) mass is 345 g/mol. The highest BCUT2D eigenvalue weighted by Gasteiger charge is 2.28. The van der Waals surface area contributed by atoms with Crippen LogP contribution in [-0.2, 0) is 4.74 Å². The fourth-order valence-corrected chi connectivity index (χ4v) is 3.07. The summed E-state index contributed by atoms with van der Waals surface area (Å²) in [7, 11) is 0. The van der Waals surface area contributed by atoms with Crippen LogP contribution in [0, 0.1) is 0 Å². The Bertz CT molecular complexity index is 688. The van der Waals surface area contributed by atoms with E-state index in [2.05, 4.69) is 39.3 Å². The van der Waals surface area contributed by atoms with Crippen molar-refractivity contribution in [3.05, 3.63) is 30.1 Å². The predicted octanol–water partition coefficient (Wildman–Crippen LogP) is 2.03. The number of imidazole rings is 1. The normalized spacial score (nSPS) is 17.4. The lowest BCUT2D eigenvalue weighted by Gasteiger charge is -2.40. The second-order valence-electron chi connectivity index (χ2n) is 7.10. The second-order valence-corrected chi connectivity index (χ2v) is 7.10. The Morgan fingerprint density at radius 3 is 2.80 bits per heavy atom. The maximum atomic E-state index is 12.3. The average Bonchev–Trinajstić information content (AvgIpc) is 3.05. The van der Waals surface area contributed by atoms with Gasteiger partial charge in [0.25, 0.3) is 0 Å². The van der Waals surface area contributed by atoms with Gasteiger partial charge in [-0.05, 0) is 32.9 Å². The van der Waals surface area contributed by atoms with Crippen LogP contribution in [0.1, 0.15) is 32.6 Å². The molecule has 1 aromatic carbocycles. The van der Waals surface area contributed by atoms with Crippen LogP contribution in [0.25, 0.3) is 11.0 Å². The van der Waals surface area contributed by atoms with Gasteiger partial charge in [0.1, 0.15) is 5.82 Å². The van der Waals surface area contributed by atoms with Crippen LogP contribution < -0.4 is 10.6 Å². The quantitative estimate of drug-likeness (QED) is 0.774. The van der Waals surface area contributed by atoms with E-state index in [0.29, 0.717) is 6.54 Å². The number of hydrogen-bond donors (Lipinski definition) is 3. The number of ether oxygens (including phenoxy) is 1. The number of fused-ring (bicyclic) bond motifs is 1. The van der Waals surface area contributed by atoms with Gasteiger partial charge in [0, 0.05) is 25.2 Å². The van der Waals surface area contributed by atoms with Gasteiger partial charge in [-0.2, -0.15) is 0 Å². The highest BCUT2D eigenvalue weighted by atomic mass is 16.5. The molecule has 1 aromatic heterocycles. The number of amides is 2. The van der Waals surface area contributed by atoms with E-state index in [4.69, 9.17) is 4.74 Å². The minimum atomic E-state index is -0.195. The molecule has 1 aliphatic rings. The van der Waals surface area contributed by atoms with Crippen LogP contribution in [0.3, 0.4) is 0 Å². The van der Waals surface area contributed by atoms with Crippen LogP contribution in [0.15, 0.2) is 24.3 Å². The van der Waals surface area contributed by atoms with E-state index in [1.165, 1.54) is 0 Å². The van der Waals surface area contributed by atoms with Crippen molar-refractivity contribution in [2.24, 2.45) is 0 Å². The molecule has 136 valence electrons. The van der Waals surface area contributed by atoms with Gasteiger partial charge in [-0.1, -0.05) is 12.1 Å². The number of nitrogens with one attached hydrogen (secondary N) is 3. The molecule has 1 unspecified atom stereocenters. The van der Waals surface area contributed by atoms with Crippen molar-refractivity contribution in [3.63, 3.8) is 0 Å². The molecule has 7 heteroatoms. The zero-order chi connectivity index (χ0) is 17.9. The Balaban J connectivity index is 1.53. The lowest BCUT2D eigenvalue weighted by atomic mass is 10.0. The van der Waals surface area contributed by atoms with Crippen molar-refractivity contribution in [1.82, 2.24) is 25.5 Å². The standard InChI is InChI=1S/C18H27N5O2/c1-13(16-21-14-6-4-5-7-15(14)22-16)20-17(24)19-12-18(2,3)23-8-10-25-11-9-23/h4-7,13H,8-12H2,1-3H3,(H,21,22)(H2,19,20,24). The van der Waals surface area contributed by atoms with Crippen molar-refractivity contribution in [2.75, 3.05) is 32.8 Å². The number of benzene rings is 1. The number of nitrogens with zero attached hydrogens (tertiary/aromatic N) is 2. The lowest BCUT2D eigenvalue weighted by molar-refractivity contribution is -0.00876. The molecular weight excluding hydrogens is 318 g/mol. The van der Waals surface area contributed by atoms with E-state index in [-0.39, 0.29) is 17.6 Å². The highest BCUT2D eigenvalue weighted by Crippen LogP contribution is 2.16. The molecule has 0 saturated carbocycles. The van der Waals surface area contributed by atoms with Crippen LogP contribution in [0.5, 0.6) is 0 Å². The maximum Gasteiger partial charge on any atom is 0.315 e. The zero-order valence-corrected chi connectivity index (χ0v) is 15.1. The summed E-state index contributed by atoms with van der Waals surface area (Å²) in [6.45, 7) is 10.1. The third-order valence-corrected chi connectivity index (χ3v) is 4.71. The van der Waals surface area contributed by atoms with Crippen molar-refractivity contribution < 1.29 is 9.53 Å². The van der Waals surface area contributed by atoms with Crippen LogP contribution in [0.4, 0.5) is 4.79 Å². The summed E-state index contributed by atoms with van der Waals surface area (Å²) in [6, 6.07) is 7.46. The van der Waals surface area contributed by atoms with Gasteiger partial charge < -0.3 is 20.4 Å². The average molecular weight is 345 g/mol. The Kier molecular flexibility index (Phi) is 5.24. The van der Waals surface area contributed by atoms with Gasteiger partial charge in [0.2, 0.25) is 0 Å². The number of rotatable bonds is 5. The van der Waals surface area contributed by atoms with Gasteiger partial charge in [-0.3, -0.25) is 4.90 Å². The summed E-state index contributed by atoms with van der Waals surface area (Å²) in [4.78, 5) is 22.4. The molecule has 2 aromatic rings. The fraction of sp³-hybridized carbons (Fsp3) is 0.556. The Morgan fingerprint density at radius 2 is 2.08 bits per heavy atom. The van der Waals surface area contributed by atoms with Gasteiger partial charge in [-0.25, -0.2) is 9.78 Å². The number of morpholine rings is 1. The van der Waals surface area contributed by atoms with E-state index in [1.54, 1.807) is 0 Å². The summed E-state index contributed by atoms with van der Waals surface area (Å²) < 4.78 is 5.40. The molecule has 1 atom stereocenters. The number of urea groups is 1. The largest absolute Gasteiger partial charge is 0.379 e. The molecule has 2 amide bonds. The van der Waals surface area contributed by atoms with E-state index in [9.17, 15) is 4.79 Å². The van der Waals surface area contributed by atoms with Crippen molar-refractivity contribution in [1.29, 1.82) is 0 Å². The Hall–Kier alpha value is -2.12. The number of H-pyrrole nitrogens is 1. The molecule has 3 N–H and O–H groups in total. The molecule has 0 aliphatic carbocycles. The number of aromatic amines is 1. The zero-order valence-electron chi connectivity index (χ0n) is 15.1. The van der Waals surface area contributed by atoms with E-state index >= 15 is 0 Å². The number of carbonyl (C=O) groups is 1. The first-order valence-corrected chi connectivity index (χ1v) is 8.77. The molecule has 1 saturated heterocycles. The van der Waals surface area contributed by atoms with Crippen LogP contribution >= 0.6 is 0 Å². The molecule has 7 nitrogen and oxygen atoms in total. The first kappa shape index (κ1) is 17.7. The number of aromatic nitrogens is 2. The maximum absolute atomic E-state index is 12.3. The van der Waals surface area contributed by atoms with Crippen molar-refractivity contribution in [2.45, 2.75) is 32.4 Å². The third-order valence-electron chi connectivity index (χ3n) is 4.71. The Labute approximate surface area is 148 Å². The molecule has 0 bridgehead atoms. The summed E-state index contributed by atoms with van der Waals surface area (Å²) in [5.74, 6) is 0.754. The van der Waals surface area contributed by atoms with Gasteiger partial charge in [0.05, 0.1) is 30.3 Å². The SMILES string of the molecule is CC(NC(=O)NCC(C)(C)N1CCOCC1)c1nc2ccccc2[nH]1. The molecule has 1 fully saturated rings. The minimum Gasteiger partial charge on any atom is -0.379 e. The predicted molar refractivity (Wildman–Crippen MR) is 97.5 cm³/mol. The summed E-state index contributed by atoms with van der Waals surface area (Å²) in [5, 5.41) is 5.93. The third kappa shape index (κ3) is 4.29. The van der Waals surface area contributed by atoms with Gasteiger partial charge in [-0.15, -0.1) is 0 Å².